The van der Waals surface area contributed by atoms with Crippen LogP contribution in [0.5, 0.6) is 11.5 Å². The van der Waals surface area contributed by atoms with E-state index in [0.717, 1.165) is 5.56 Å². The van der Waals surface area contributed by atoms with Gasteiger partial charge in [-0.05, 0) is 38.1 Å². The summed E-state index contributed by atoms with van der Waals surface area (Å²) in [7, 11) is 0. The molecule has 0 bridgehead atoms. The van der Waals surface area contributed by atoms with Crippen molar-refractivity contribution in [1.29, 1.82) is 0 Å². The highest BCUT2D eigenvalue weighted by molar-refractivity contribution is 6.11. The lowest BCUT2D eigenvalue weighted by atomic mass is 9.98. The van der Waals surface area contributed by atoms with E-state index in [1.165, 1.54) is 18.2 Å². The van der Waals surface area contributed by atoms with E-state index < -0.39 is 11.9 Å². The minimum absolute atomic E-state index is 0.0391. The first-order chi connectivity index (χ1) is 14.8. The van der Waals surface area contributed by atoms with Gasteiger partial charge in [0.05, 0.1) is 12.2 Å². The number of benzene rings is 3. The molecule has 1 atom stereocenters. The van der Waals surface area contributed by atoms with Gasteiger partial charge in [-0.2, -0.15) is 13.2 Å². The maximum atomic E-state index is 14.5. The molecule has 1 heterocycles. The molecule has 0 saturated carbocycles. The average molecular weight is 426 g/mol. The molecule has 1 aliphatic heterocycles. The number of aliphatic imine (C=N–C) groups is 1. The highest BCUT2D eigenvalue weighted by Gasteiger charge is 2.61. The largest absolute Gasteiger partial charge is 0.494 e. The van der Waals surface area contributed by atoms with Crippen LogP contribution >= 0.6 is 0 Å². The Morgan fingerprint density at radius 3 is 2.35 bits per heavy atom. The highest BCUT2D eigenvalue weighted by atomic mass is 19.4. The van der Waals surface area contributed by atoms with Crippen LogP contribution in [0.25, 0.3) is 0 Å². The summed E-state index contributed by atoms with van der Waals surface area (Å²) in [5, 5.41) is 3.03. The molecule has 31 heavy (non-hydrogen) atoms. The molecular formula is C24H21F3N2O2. The summed E-state index contributed by atoms with van der Waals surface area (Å²) in [5.41, 5.74) is -1.13. The van der Waals surface area contributed by atoms with Crippen LogP contribution in [-0.4, -0.2) is 18.6 Å². The van der Waals surface area contributed by atoms with Gasteiger partial charge >= 0.3 is 11.9 Å². The Morgan fingerprint density at radius 2 is 1.71 bits per heavy atom. The fraction of sp³-hybridized carbons (Fsp3) is 0.208. The Hall–Kier alpha value is -3.48. The van der Waals surface area contributed by atoms with Crippen molar-refractivity contribution in [1.82, 2.24) is 0 Å². The third-order valence-electron chi connectivity index (χ3n) is 4.91. The van der Waals surface area contributed by atoms with E-state index in [9.17, 15) is 13.2 Å². The second-order valence-electron chi connectivity index (χ2n) is 7.15. The highest BCUT2D eigenvalue weighted by Crippen LogP contribution is 2.48. The molecule has 7 heteroatoms. The number of nitrogens with one attached hydrogen (secondary N) is 1. The lowest BCUT2D eigenvalue weighted by Gasteiger charge is -2.37. The smallest absolute Gasteiger partial charge is 0.455 e. The van der Waals surface area contributed by atoms with Crippen LogP contribution in [-0.2, 0) is 5.72 Å². The van der Waals surface area contributed by atoms with E-state index in [1.54, 1.807) is 62.4 Å². The third-order valence-corrected chi connectivity index (χ3v) is 4.91. The monoisotopic (exact) mass is 426 g/mol. The fourth-order valence-corrected chi connectivity index (χ4v) is 3.38. The molecule has 0 aromatic heterocycles. The average Bonchev–Trinajstić information content (AvgIpc) is 2.74. The van der Waals surface area contributed by atoms with Crippen LogP contribution in [0.15, 0.2) is 77.8 Å². The molecule has 160 valence electrons. The van der Waals surface area contributed by atoms with Crippen LogP contribution in [0.3, 0.4) is 0 Å². The van der Waals surface area contributed by atoms with Crippen LogP contribution in [0, 0.1) is 6.92 Å². The summed E-state index contributed by atoms with van der Waals surface area (Å²) in [5.74, 6) is 0.521. The number of rotatable bonds is 4. The van der Waals surface area contributed by atoms with Crippen molar-refractivity contribution in [2.75, 3.05) is 11.9 Å². The van der Waals surface area contributed by atoms with Gasteiger partial charge in [-0.3, -0.25) is 0 Å². The van der Waals surface area contributed by atoms with Gasteiger partial charge in [-0.25, -0.2) is 4.99 Å². The minimum atomic E-state index is -4.81. The molecule has 0 radical (unpaired) electrons. The quantitative estimate of drug-likeness (QED) is 0.551. The molecule has 0 aliphatic carbocycles. The maximum Gasteiger partial charge on any atom is 0.455 e. The van der Waals surface area contributed by atoms with Gasteiger partial charge in [0.2, 0.25) is 0 Å². The molecule has 3 aromatic carbocycles. The number of ether oxygens (including phenoxy) is 2. The summed E-state index contributed by atoms with van der Waals surface area (Å²) < 4.78 is 54.8. The first-order valence-corrected chi connectivity index (χ1v) is 9.84. The number of aryl methyl sites for hydroxylation is 1. The SMILES string of the molecule is CCOc1ccc2c(c1)O[C@@](c1ccc(C)cc1)(C(F)(F)F)N=C2Nc1ccccc1. The number of fused-ring (bicyclic) bond motifs is 1. The Morgan fingerprint density at radius 1 is 1.00 bits per heavy atom. The van der Waals surface area contributed by atoms with Gasteiger partial charge in [0.15, 0.2) is 0 Å². The first kappa shape index (κ1) is 20.8. The molecule has 0 amide bonds. The number of hydrogen-bond acceptors (Lipinski definition) is 4. The van der Waals surface area contributed by atoms with Gasteiger partial charge in [0.1, 0.15) is 17.3 Å². The van der Waals surface area contributed by atoms with E-state index in [0.29, 0.717) is 23.6 Å². The number of anilines is 1. The number of halogens is 3. The van der Waals surface area contributed by atoms with Gasteiger partial charge in [0, 0.05) is 17.3 Å². The van der Waals surface area contributed by atoms with Crippen molar-refractivity contribution in [3.8, 4) is 11.5 Å². The molecular weight excluding hydrogens is 405 g/mol. The zero-order valence-electron chi connectivity index (χ0n) is 17.0. The minimum Gasteiger partial charge on any atom is -0.494 e. The standard InChI is InChI=1S/C24H21F3N2O2/c1-3-30-19-13-14-20-21(15-19)31-23(24(25,26)27,17-11-9-16(2)10-12-17)29-22(20)28-18-7-5-4-6-8-18/h4-15H,3H2,1-2H3,(H,28,29)/t23-/m0/s1. The molecule has 3 aromatic rings. The van der Waals surface area contributed by atoms with E-state index in [1.807, 2.05) is 6.07 Å². The van der Waals surface area contributed by atoms with Crippen LogP contribution in [0.1, 0.15) is 23.6 Å². The maximum absolute atomic E-state index is 14.5. The molecule has 0 saturated heterocycles. The molecule has 1 N–H and O–H groups in total. The Balaban J connectivity index is 1.91. The number of alkyl halides is 3. The predicted molar refractivity (Wildman–Crippen MR) is 114 cm³/mol. The van der Waals surface area contributed by atoms with Crippen LogP contribution < -0.4 is 14.8 Å². The topological polar surface area (TPSA) is 42.9 Å². The van der Waals surface area contributed by atoms with E-state index >= 15 is 0 Å². The van der Waals surface area contributed by atoms with E-state index in [-0.39, 0.29) is 17.1 Å². The lowest BCUT2D eigenvalue weighted by molar-refractivity contribution is -0.252. The van der Waals surface area contributed by atoms with Crippen molar-refractivity contribution >= 4 is 11.5 Å². The molecule has 0 unspecified atom stereocenters. The molecule has 4 nitrogen and oxygen atoms in total. The van der Waals surface area contributed by atoms with E-state index in [2.05, 4.69) is 10.3 Å². The first-order valence-electron chi connectivity index (χ1n) is 9.84. The molecule has 1 aliphatic rings. The van der Waals surface area contributed by atoms with Gasteiger partial charge < -0.3 is 14.8 Å². The summed E-state index contributed by atoms with van der Waals surface area (Å²) in [6.45, 7) is 3.99. The molecule has 0 fully saturated rings. The third kappa shape index (κ3) is 3.95. The summed E-state index contributed by atoms with van der Waals surface area (Å²) in [6, 6.07) is 19.7. The summed E-state index contributed by atoms with van der Waals surface area (Å²) >= 11 is 0. The van der Waals surface area contributed by atoms with Gasteiger partial charge in [0.25, 0.3) is 0 Å². The molecule has 0 spiro atoms. The van der Waals surface area contributed by atoms with Crippen molar-refractivity contribution in [3.05, 3.63) is 89.5 Å². The number of amidine groups is 1. The lowest BCUT2D eigenvalue weighted by Crippen LogP contribution is -2.49. The second-order valence-corrected chi connectivity index (χ2v) is 7.15. The zero-order chi connectivity index (χ0) is 22.1. The summed E-state index contributed by atoms with van der Waals surface area (Å²) in [6.07, 6.45) is -4.81. The zero-order valence-corrected chi connectivity index (χ0v) is 17.0. The predicted octanol–water partition coefficient (Wildman–Crippen LogP) is 6.06. The van der Waals surface area contributed by atoms with Crippen molar-refractivity contribution < 1.29 is 22.6 Å². The van der Waals surface area contributed by atoms with Crippen molar-refractivity contribution in [2.24, 2.45) is 4.99 Å². The van der Waals surface area contributed by atoms with Gasteiger partial charge in [-0.1, -0.05) is 48.0 Å². The Kier molecular flexibility index (Phi) is 5.35. The van der Waals surface area contributed by atoms with Crippen LogP contribution in [0.4, 0.5) is 18.9 Å². The van der Waals surface area contributed by atoms with Crippen molar-refractivity contribution in [3.63, 3.8) is 0 Å². The fourth-order valence-electron chi connectivity index (χ4n) is 3.38. The number of para-hydroxylation sites is 1. The Labute approximate surface area is 178 Å². The Bertz CT molecular complexity index is 1100. The van der Waals surface area contributed by atoms with Gasteiger partial charge in [-0.15, -0.1) is 0 Å². The summed E-state index contributed by atoms with van der Waals surface area (Å²) in [4.78, 5) is 4.11. The normalized spacial score (nSPS) is 17.9. The number of nitrogens with zero attached hydrogens (tertiary/aromatic N) is 1. The number of hydrogen-bond donors (Lipinski definition) is 1. The van der Waals surface area contributed by atoms with E-state index in [4.69, 9.17) is 9.47 Å². The van der Waals surface area contributed by atoms with Crippen molar-refractivity contribution in [2.45, 2.75) is 25.7 Å². The second kappa shape index (κ2) is 7.98. The van der Waals surface area contributed by atoms with Crippen LogP contribution in [0.2, 0.25) is 0 Å². The molecule has 4 rings (SSSR count).